The molecule has 1 aliphatic rings. The average Bonchev–Trinajstić information content (AvgIpc) is 2.50. The lowest BCUT2D eigenvalue weighted by Crippen LogP contribution is -2.25. The van der Waals surface area contributed by atoms with Gasteiger partial charge in [-0.05, 0) is 56.0 Å². The summed E-state index contributed by atoms with van der Waals surface area (Å²) in [7, 11) is 0. The second-order valence-corrected chi connectivity index (χ2v) is 5.06. The maximum Gasteiger partial charge on any atom is 0.119 e. The van der Waals surface area contributed by atoms with E-state index in [1.165, 1.54) is 11.1 Å². The molecular formula is C17H25NO2. The number of ether oxygens (including phenoxy) is 2. The molecule has 20 heavy (non-hydrogen) atoms. The maximum absolute atomic E-state index is 5.61. The second-order valence-electron chi connectivity index (χ2n) is 5.06. The minimum atomic E-state index is 0.232. The highest BCUT2D eigenvalue weighted by Gasteiger charge is 2.18. The molecule has 1 aliphatic heterocycles. The summed E-state index contributed by atoms with van der Waals surface area (Å²) in [5.74, 6) is 0.936. The Kier molecular flexibility index (Phi) is 5.93. The highest BCUT2D eigenvalue weighted by Crippen LogP contribution is 2.29. The summed E-state index contributed by atoms with van der Waals surface area (Å²) in [4.78, 5) is 0. The van der Waals surface area contributed by atoms with Crippen molar-refractivity contribution in [1.82, 2.24) is 5.32 Å². The fraction of sp³-hybridized carbons (Fsp3) is 0.529. The molecule has 0 aliphatic carbocycles. The topological polar surface area (TPSA) is 30.5 Å². The number of rotatable bonds is 7. The molecular weight excluding hydrogens is 250 g/mol. The van der Waals surface area contributed by atoms with E-state index in [1.54, 1.807) is 0 Å². The zero-order chi connectivity index (χ0) is 14.2. The molecule has 0 spiro atoms. The molecule has 110 valence electrons. The third-order valence-corrected chi connectivity index (χ3v) is 3.43. The lowest BCUT2D eigenvalue weighted by atomic mass is 9.95. The van der Waals surface area contributed by atoms with Crippen molar-refractivity contribution in [2.45, 2.75) is 39.2 Å². The highest BCUT2D eigenvalue weighted by atomic mass is 16.5. The minimum absolute atomic E-state index is 0.232. The number of nitrogens with one attached hydrogen (secondary N) is 1. The summed E-state index contributed by atoms with van der Waals surface area (Å²) in [5, 5.41) is 3.62. The Bertz CT molecular complexity index is 442. The molecule has 0 aromatic heterocycles. The van der Waals surface area contributed by atoms with Gasteiger partial charge in [-0.2, -0.15) is 0 Å². The first-order valence-electron chi connectivity index (χ1n) is 7.61. The molecule has 0 saturated heterocycles. The molecule has 1 aromatic carbocycles. The van der Waals surface area contributed by atoms with Crippen LogP contribution in [-0.2, 0) is 4.74 Å². The Hall–Kier alpha value is -1.48. The molecule has 0 bridgehead atoms. The van der Waals surface area contributed by atoms with Crippen LogP contribution in [0.1, 0.15) is 44.7 Å². The summed E-state index contributed by atoms with van der Waals surface area (Å²) in [6.07, 6.45) is 5.25. The van der Waals surface area contributed by atoms with Crippen LogP contribution in [0.15, 0.2) is 36.1 Å². The van der Waals surface area contributed by atoms with Gasteiger partial charge in [0.25, 0.3) is 0 Å². The van der Waals surface area contributed by atoms with Crippen LogP contribution in [0.4, 0.5) is 0 Å². The van der Waals surface area contributed by atoms with Crippen molar-refractivity contribution in [3.8, 4) is 5.75 Å². The molecule has 1 unspecified atom stereocenters. The van der Waals surface area contributed by atoms with Gasteiger partial charge in [-0.1, -0.05) is 19.1 Å². The molecule has 0 fully saturated rings. The summed E-state index contributed by atoms with van der Waals surface area (Å²) in [6.45, 7) is 6.73. The van der Waals surface area contributed by atoms with Crippen molar-refractivity contribution in [2.75, 3.05) is 19.8 Å². The fourth-order valence-electron chi connectivity index (χ4n) is 2.50. The van der Waals surface area contributed by atoms with Crippen molar-refractivity contribution < 1.29 is 9.47 Å². The maximum atomic E-state index is 5.61. The molecule has 3 nitrogen and oxygen atoms in total. The zero-order valence-electron chi connectivity index (χ0n) is 12.5. The van der Waals surface area contributed by atoms with Crippen molar-refractivity contribution in [3.05, 3.63) is 41.7 Å². The quantitative estimate of drug-likeness (QED) is 0.820. The number of hydrogen-bond donors (Lipinski definition) is 1. The Balaban J connectivity index is 2.20. The van der Waals surface area contributed by atoms with Gasteiger partial charge in [-0.3, -0.25) is 0 Å². The van der Waals surface area contributed by atoms with E-state index in [1.807, 2.05) is 19.3 Å². The third-order valence-electron chi connectivity index (χ3n) is 3.43. The van der Waals surface area contributed by atoms with Gasteiger partial charge in [-0.15, -0.1) is 0 Å². The first kappa shape index (κ1) is 14.9. The van der Waals surface area contributed by atoms with E-state index in [0.717, 1.165) is 38.2 Å². The van der Waals surface area contributed by atoms with Gasteiger partial charge < -0.3 is 14.8 Å². The van der Waals surface area contributed by atoms with Gasteiger partial charge in [0.15, 0.2) is 0 Å². The van der Waals surface area contributed by atoms with Crippen molar-refractivity contribution in [2.24, 2.45) is 0 Å². The van der Waals surface area contributed by atoms with Gasteiger partial charge in [-0.25, -0.2) is 0 Å². The van der Waals surface area contributed by atoms with E-state index in [2.05, 4.69) is 30.4 Å². The summed E-state index contributed by atoms with van der Waals surface area (Å²) in [5.41, 5.74) is 2.58. The minimum Gasteiger partial charge on any atom is -0.501 e. The molecule has 1 heterocycles. The molecule has 0 amide bonds. The normalized spacial score (nSPS) is 16.2. The first-order chi connectivity index (χ1) is 9.85. The molecule has 1 N–H and O–H groups in total. The van der Waals surface area contributed by atoms with Crippen LogP contribution >= 0.6 is 0 Å². The number of benzene rings is 1. The van der Waals surface area contributed by atoms with E-state index in [4.69, 9.17) is 9.47 Å². The second kappa shape index (κ2) is 7.95. The molecule has 3 heteroatoms. The lowest BCUT2D eigenvalue weighted by molar-refractivity contribution is 0.219. The van der Waals surface area contributed by atoms with Crippen LogP contribution in [0, 0.1) is 0 Å². The van der Waals surface area contributed by atoms with Crippen molar-refractivity contribution in [3.63, 3.8) is 0 Å². The average molecular weight is 275 g/mol. The van der Waals surface area contributed by atoms with Crippen LogP contribution in [-0.4, -0.2) is 19.8 Å². The molecule has 0 radical (unpaired) electrons. The van der Waals surface area contributed by atoms with Gasteiger partial charge in [0.05, 0.1) is 25.5 Å². The third kappa shape index (κ3) is 4.01. The van der Waals surface area contributed by atoms with Crippen LogP contribution in [0.2, 0.25) is 0 Å². The van der Waals surface area contributed by atoms with Gasteiger partial charge in [0, 0.05) is 0 Å². The van der Waals surface area contributed by atoms with Crippen LogP contribution in [0.25, 0.3) is 0 Å². The molecule has 1 atom stereocenters. The molecule has 2 rings (SSSR count). The van der Waals surface area contributed by atoms with E-state index >= 15 is 0 Å². The van der Waals surface area contributed by atoms with E-state index in [9.17, 15) is 0 Å². The SMILES string of the molecule is CCCNC(C1=COCCC1)c1cccc(OCC)c1. The van der Waals surface area contributed by atoms with Crippen LogP contribution < -0.4 is 10.1 Å². The fourth-order valence-corrected chi connectivity index (χ4v) is 2.50. The first-order valence-corrected chi connectivity index (χ1v) is 7.61. The van der Waals surface area contributed by atoms with Crippen LogP contribution in [0.5, 0.6) is 5.75 Å². The van der Waals surface area contributed by atoms with E-state index < -0.39 is 0 Å². The largest absolute Gasteiger partial charge is 0.501 e. The smallest absolute Gasteiger partial charge is 0.119 e. The Labute approximate surface area is 122 Å². The van der Waals surface area contributed by atoms with Crippen molar-refractivity contribution >= 4 is 0 Å². The molecule has 0 saturated carbocycles. The number of hydrogen-bond acceptors (Lipinski definition) is 3. The van der Waals surface area contributed by atoms with Crippen LogP contribution in [0.3, 0.4) is 0 Å². The summed E-state index contributed by atoms with van der Waals surface area (Å²) in [6, 6.07) is 8.59. The molecule has 1 aromatic rings. The summed E-state index contributed by atoms with van der Waals surface area (Å²) >= 11 is 0. The van der Waals surface area contributed by atoms with Gasteiger partial charge >= 0.3 is 0 Å². The monoisotopic (exact) mass is 275 g/mol. The van der Waals surface area contributed by atoms with E-state index in [-0.39, 0.29) is 6.04 Å². The Morgan fingerprint density at radius 3 is 2.95 bits per heavy atom. The lowest BCUT2D eigenvalue weighted by Gasteiger charge is -2.25. The Morgan fingerprint density at radius 1 is 1.35 bits per heavy atom. The standard InChI is InChI=1S/C17H25NO2/c1-3-10-18-17(15-8-6-11-19-13-15)14-7-5-9-16(12-14)20-4-2/h5,7,9,12-13,17-18H,3-4,6,8,10-11H2,1-2H3. The van der Waals surface area contributed by atoms with Gasteiger partial charge in [0.1, 0.15) is 5.75 Å². The highest BCUT2D eigenvalue weighted by molar-refractivity contribution is 5.35. The van der Waals surface area contributed by atoms with E-state index in [0.29, 0.717) is 6.61 Å². The van der Waals surface area contributed by atoms with Crippen molar-refractivity contribution in [1.29, 1.82) is 0 Å². The predicted octanol–water partition coefficient (Wildman–Crippen LogP) is 3.82. The predicted molar refractivity (Wildman–Crippen MR) is 81.9 cm³/mol. The Morgan fingerprint density at radius 2 is 2.25 bits per heavy atom. The van der Waals surface area contributed by atoms with Gasteiger partial charge in [0.2, 0.25) is 0 Å². The summed E-state index contributed by atoms with van der Waals surface area (Å²) < 4.78 is 11.1. The zero-order valence-corrected chi connectivity index (χ0v) is 12.5.